The molecule has 0 saturated carbocycles. The fourth-order valence-electron chi connectivity index (χ4n) is 2.60. The third-order valence-corrected chi connectivity index (χ3v) is 3.73. The number of nitrogens with one attached hydrogen (secondary N) is 1. The van der Waals surface area contributed by atoms with E-state index in [0.717, 1.165) is 17.4 Å². The highest BCUT2D eigenvalue weighted by molar-refractivity contribution is 5.83. The Labute approximate surface area is 126 Å². The summed E-state index contributed by atoms with van der Waals surface area (Å²) in [7, 11) is 0. The molecule has 0 heterocycles. The number of hydrogen-bond acceptors (Lipinski definition) is 3. The Hall–Kier alpha value is -1.42. The molecular weight excluding hydrogens is 262 g/mol. The average molecular weight is 287 g/mol. The van der Waals surface area contributed by atoms with Crippen molar-refractivity contribution in [3.63, 3.8) is 0 Å². The molecule has 3 heteroatoms. The van der Waals surface area contributed by atoms with Crippen LogP contribution in [0.4, 0.5) is 0 Å². The summed E-state index contributed by atoms with van der Waals surface area (Å²) < 4.78 is 0. The van der Waals surface area contributed by atoms with E-state index in [9.17, 15) is 10.2 Å². The van der Waals surface area contributed by atoms with Crippen LogP contribution < -0.4 is 5.32 Å². The molecule has 2 aromatic rings. The molecule has 2 rings (SSSR count). The molecular formula is C18H25NO2. The topological polar surface area (TPSA) is 52.5 Å². The van der Waals surface area contributed by atoms with Gasteiger partial charge in [-0.2, -0.15) is 0 Å². The smallest absolute Gasteiger partial charge is 0.0914 e. The average Bonchev–Trinajstić information content (AvgIpc) is 2.50. The molecule has 21 heavy (non-hydrogen) atoms. The molecule has 2 aromatic carbocycles. The van der Waals surface area contributed by atoms with Crippen molar-refractivity contribution in [3.05, 3.63) is 48.0 Å². The maximum atomic E-state index is 10.3. The molecule has 114 valence electrons. The van der Waals surface area contributed by atoms with Crippen molar-refractivity contribution in [2.24, 2.45) is 5.92 Å². The molecule has 0 bridgehead atoms. The normalized spacial score (nSPS) is 14.5. The highest BCUT2D eigenvalue weighted by Crippen LogP contribution is 2.20. The van der Waals surface area contributed by atoms with E-state index >= 15 is 0 Å². The quantitative estimate of drug-likeness (QED) is 0.734. The lowest BCUT2D eigenvalue weighted by molar-refractivity contribution is 0.154. The predicted octanol–water partition coefficient (Wildman–Crippen LogP) is 2.87. The van der Waals surface area contributed by atoms with Gasteiger partial charge in [-0.3, -0.25) is 0 Å². The Bertz CT molecular complexity index is 568. The lowest BCUT2D eigenvalue weighted by Crippen LogP contribution is -2.36. The first kappa shape index (κ1) is 16.0. The molecule has 0 spiro atoms. The van der Waals surface area contributed by atoms with Gasteiger partial charge in [0.25, 0.3) is 0 Å². The molecule has 2 unspecified atom stereocenters. The fraction of sp³-hybridized carbons (Fsp3) is 0.444. The Balaban J connectivity index is 1.99. The Kier molecular flexibility index (Phi) is 5.74. The van der Waals surface area contributed by atoms with Gasteiger partial charge >= 0.3 is 0 Å². The SMILES string of the molecule is CC(C)CC(CO)NCC(O)c1ccc2ccccc2c1. The first-order valence-electron chi connectivity index (χ1n) is 7.61. The second kappa shape index (κ2) is 7.55. The predicted molar refractivity (Wildman–Crippen MR) is 87.2 cm³/mol. The maximum absolute atomic E-state index is 10.3. The van der Waals surface area contributed by atoms with Crippen LogP contribution in [0.5, 0.6) is 0 Å². The van der Waals surface area contributed by atoms with Gasteiger partial charge in [-0.05, 0) is 34.7 Å². The standard InChI is InChI=1S/C18H25NO2/c1-13(2)9-17(12-20)19-11-18(21)16-8-7-14-5-3-4-6-15(14)10-16/h3-8,10,13,17-21H,9,11-12H2,1-2H3. The minimum absolute atomic E-state index is 0.0418. The zero-order chi connectivity index (χ0) is 15.2. The van der Waals surface area contributed by atoms with E-state index in [-0.39, 0.29) is 12.6 Å². The monoisotopic (exact) mass is 287 g/mol. The summed E-state index contributed by atoms with van der Waals surface area (Å²) in [4.78, 5) is 0. The van der Waals surface area contributed by atoms with E-state index in [1.807, 2.05) is 36.4 Å². The van der Waals surface area contributed by atoms with Crippen LogP contribution in [0, 0.1) is 5.92 Å². The zero-order valence-corrected chi connectivity index (χ0v) is 12.8. The highest BCUT2D eigenvalue weighted by atomic mass is 16.3. The van der Waals surface area contributed by atoms with Crippen molar-refractivity contribution in [3.8, 4) is 0 Å². The molecule has 0 aliphatic heterocycles. The summed E-state index contributed by atoms with van der Waals surface area (Å²) in [6.07, 6.45) is 0.344. The molecule has 0 aliphatic rings. The lowest BCUT2D eigenvalue weighted by atomic mass is 10.0. The fourth-order valence-corrected chi connectivity index (χ4v) is 2.60. The van der Waals surface area contributed by atoms with Crippen molar-refractivity contribution in [1.29, 1.82) is 0 Å². The molecule has 0 aliphatic carbocycles. The first-order valence-corrected chi connectivity index (χ1v) is 7.61. The van der Waals surface area contributed by atoms with Crippen molar-refractivity contribution in [2.45, 2.75) is 32.4 Å². The van der Waals surface area contributed by atoms with Gasteiger partial charge in [0, 0.05) is 12.6 Å². The lowest BCUT2D eigenvalue weighted by Gasteiger charge is -2.20. The second-order valence-corrected chi connectivity index (χ2v) is 6.04. The number of aliphatic hydroxyl groups is 2. The van der Waals surface area contributed by atoms with Gasteiger partial charge < -0.3 is 15.5 Å². The van der Waals surface area contributed by atoms with Crippen LogP contribution in [0.15, 0.2) is 42.5 Å². The van der Waals surface area contributed by atoms with Crippen molar-refractivity contribution in [2.75, 3.05) is 13.2 Å². The summed E-state index contributed by atoms with van der Waals surface area (Å²) in [6.45, 7) is 4.81. The van der Waals surface area contributed by atoms with E-state index in [0.29, 0.717) is 12.5 Å². The molecule has 0 fully saturated rings. The first-order chi connectivity index (χ1) is 10.1. The van der Waals surface area contributed by atoms with E-state index in [4.69, 9.17) is 0 Å². The Morgan fingerprint density at radius 2 is 1.76 bits per heavy atom. The van der Waals surface area contributed by atoms with Crippen LogP contribution in [0.3, 0.4) is 0 Å². The van der Waals surface area contributed by atoms with E-state index in [1.165, 1.54) is 5.39 Å². The van der Waals surface area contributed by atoms with Crippen LogP contribution >= 0.6 is 0 Å². The molecule has 0 radical (unpaired) electrons. The summed E-state index contributed by atoms with van der Waals surface area (Å²) in [5, 5.41) is 25.2. The number of fused-ring (bicyclic) bond motifs is 1. The van der Waals surface area contributed by atoms with Gasteiger partial charge in [0.15, 0.2) is 0 Å². The van der Waals surface area contributed by atoms with Crippen molar-refractivity contribution >= 4 is 10.8 Å². The van der Waals surface area contributed by atoms with Crippen LogP contribution in [0.2, 0.25) is 0 Å². The van der Waals surface area contributed by atoms with Crippen molar-refractivity contribution in [1.82, 2.24) is 5.32 Å². The third-order valence-electron chi connectivity index (χ3n) is 3.73. The summed E-state index contributed by atoms with van der Waals surface area (Å²) in [5.41, 5.74) is 0.905. The number of benzene rings is 2. The molecule has 0 aromatic heterocycles. The molecule has 0 saturated heterocycles. The van der Waals surface area contributed by atoms with Crippen LogP contribution in [0.25, 0.3) is 10.8 Å². The van der Waals surface area contributed by atoms with Crippen LogP contribution in [0.1, 0.15) is 31.9 Å². The Morgan fingerprint density at radius 3 is 2.43 bits per heavy atom. The number of aliphatic hydroxyl groups excluding tert-OH is 2. The number of hydrogen-bond donors (Lipinski definition) is 3. The van der Waals surface area contributed by atoms with Gasteiger partial charge in [-0.15, -0.1) is 0 Å². The molecule has 2 atom stereocenters. The number of rotatable bonds is 7. The van der Waals surface area contributed by atoms with Crippen molar-refractivity contribution < 1.29 is 10.2 Å². The molecule has 3 N–H and O–H groups in total. The van der Waals surface area contributed by atoms with E-state index in [2.05, 4.69) is 25.2 Å². The van der Waals surface area contributed by atoms with E-state index < -0.39 is 6.10 Å². The summed E-state index contributed by atoms with van der Waals surface area (Å²) in [5.74, 6) is 0.521. The summed E-state index contributed by atoms with van der Waals surface area (Å²) >= 11 is 0. The van der Waals surface area contributed by atoms with E-state index in [1.54, 1.807) is 0 Å². The molecule has 3 nitrogen and oxygen atoms in total. The zero-order valence-electron chi connectivity index (χ0n) is 12.8. The minimum Gasteiger partial charge on any atom is -0.395 e. The van der Waals surface area contributed by atoms with Gasteiger partial charge in [0.1, 0.15) is 0 Å². The van der Waals surface area contributed by atoms with Gasteiger partial charge in [0.2, 0.25) is 0 Å². The van der Waals surface area contributed by atoms with Crippen LogP contribution in [-0.4, -0.2) is 29.4 Å². The van der Waals surface area contributed by atoms with Crippen LogP contribution in [-0.2, 0) is 0 Å². The third kappa shape index (κ3) is 4.53. The summed E-state index contributed by atoms with van der Waals surface area (Å²) in [6, 6.07) is 14.2. The van der Waals surface area contributed by atoms with Gasteiger partial charge in [-0.25, -0.2) is 0 Å². The van der Waals surface area contributed by atoms with Gasteiger partial charge in [0.05, 0.1) is 12.7 Å². The highest BCUT2D eigenvalue weighted by Gasteiger charge is 2.13. The van der Waals surface area contributed by atoms with Gasteiger partial charge in [-0.1, -0.05) is 50.2 Å². The minimum atomic E-state index is -0.559. The second-order valence-electron chi connectivity index (χ2n) is 6.04. The molecule has 0 amide bonds. The largest absolute Gasteiger partial charge is 0.395 e. The Morgan fingerprint density at radius 1 is 1.05 bits per heavy atom. The maximum Gasteiger partial charge on any atom is 0.0914 e.